The van der Waals surface area contributed by atoms with Crippen LogP contribution < -0.4 is 4.90 Å². The average Bonchev–Trinajstić information content (AvgIpc) is 2.69. The molecular weight excluding hydrogens is 222 g/mol. The highest BCUT2D eigenvalue weighted by atomic mass is 16.2. The van der Waals surface area contributed by atoms with Gasteiger partial charge < -0.3 is 4.90 Å². The van der Waals surface area contributed by atoms with Crippen LogP contribution in [0.2, 0.25) is 0 Å². The zero-order valence-corrected chi connectivity index (χ0v) is 11.4. The molecule has 0 aliphatic carbocycles. The first-order valence-corrected chi connectivity index (χ1v) is 6.46. The first-order chi connectivity index (χ1) is 8.43. The summed E-state index contributed by atoms with van der Waals surface area (Å²) in [5.41, 5.74) is 2.32. The van der Waals surface area contributed by atoms with Gasteiger partial charge in [0, 0.05) is 24.6 Å². The highest BCUT2D eigenvalue weighted by Gasteiger charge is 2.31. The van der Waals surface area contributed by atoms with E-state index in [9.17, 15) is 4.79 Å². The number of rotatable bonds is 2. The lowest BCUT2D eigenvalue weighted by molar-refractivity contribution is -0.117. The van der Waals surface area contributed by atoms with Crippen LogP contribution in [0.3, 0.4) is 0 Å². The highest BCUT2D eigenvalue weighted by molar-refractivity contribution is 5.96. The number of anilines is 1. The number of hydrogen-bond donors (Lipinski definition) is 0. The number of carbonyl (C=O) groups is 1. The van der Waals surface area contributed by atoms with E-state index in [2.05, 4.69) is 33.4 Å². The van der Waals surface area contributed by atoms with Crippen molar-refractivity contribution in [3.8, 4) is 0 Å². The van der Waals surface area contributed by atoms with Crippen molar-refractivity contribution in [1.82, 2.24) is 0 Å². The largest absolute Gasteiger partial charge is 0.312 e. The molecule has 1 heterocycles. The van der Waals surface area contributed by atoms with E-state index in [1.807, 2.05) is 29.2 Å². The average molecular weight is 243 g/mol. The maximum Gasteiger partial charge on any atom is 0.227 e. The minimum atomic E-state index is 0.0448. The number of nitrogens with zero attached hydrogens (tertiary/aromatic N) is 1. The summed E-state index contributed by atoms with van der Waals surface area (Å²) in [5.74, 6) is 0.488. The molecule has 1 aliphatic heterocycles. The molecule has 1 aliphatic rings. The molecule has 0 spiro atoms. The molecule has 1 saturated heterocycles. The van der Waals surface area contributed by atoms with Gasteiger partial charge in [-0.2, -0.15) is 0 Å². The molecular formula is C16H21NO. The van der Waals surface area contributed by atoms with Crippen molar-refractivity contribution < 1.29 is 4.79 Å². The van der Waals surface area contributed by atoms with Crippen molar-refractivity contribution in [2.45, 2.75) is 32.6 Å². The first kappa shape index (κ1) is 12.9. The molecule has 2 rings (SSSR count). The molecule has 1 aromatic rings. The predicted octanol–water partition coefficient (Wildman–Crippen LogP) is 3.52. The van der Waals surface area contributed by atoms with E-state index in [1.165, 1.54) is 5.56 Å². The van der Waals surface area contributed by atoms with E-state index >= 15 is 0 Å². The third-order valence-electron chi connectivity index (χ3n) is 3.49. The summed E-state index contributed by atoms with van der Waals surface area (Å²) >= 11 is 0. The first-order valence-electron chi connectivity index (χ1n) is 6.46. The fraction of sp³-hybridized carbons (Fsp3) is 0.438. The van der Waals surface area contributed by atoms with Gasteiger partial charge in [-0.05, 0) is 17.0 Å². The zero-order chi connectivity index (χ0) is 13.3. The van der Waals surface area contributed by atoms with E-state index in [-0.39, 0.29) is 17.2 Å². The molecule has 2 heteroatoms. The molecule has 1 atom stereocenters. The van der Waals surface area contributed by atoms with Crippen LogP contribution >= 0.6 is 0 Å². The summed E-state index contributed by atoms with van der Waals surface area (Å²) in [6, 6.07) is 8.20. The van der Waals surface area contributed by atoms with Crippen LogP contribution in [0.15, 0.2) is 36.9 Å². The lowest BCUT2D eigenvalue weighted by atomic mass is 9.85. The number of carbonyl (C=O) groups excluding carboxylic acids is 1. The minimum absolute atomic E-state index is 0.0448. The molecule has 2 nitrogen and oxygen atoms in total. The van der Waals surface area contributed by atoms with Gasteiger partial charge in [-0.1, -0.05) is 45.0 Å². The van der Waals surface area contributed by atoms with E-state index in [4.69, 9.17) is 0 Å². The Morgan fingerprint density at radius 3 is 2.56 bits per heavy atom. The third kappa shape index (κ3) is 2.33. The molecule has 0 bridgehead atoms. The summed E-state index contributed by atoms with van der Waals surface area (Å²) < 4.78 is 0. The molecule has 1 amide bonds. The van der Waals surface area contributed by atoms with Gasteiger partial charge in [-0.3, -0.25) is 4.79 Å². The Hall–Kier alpha value is -1.57. The van der Waals surface area contributed by atoms with Crippen molar-refractivity contribution in [3.63, 3.8) is 0 Å². The van der Waals surface area contributed by atoms with Gasteiger partial charge in [0.25, 0.3) is 0 Å². The summed E-state index contributed by atoms with van der Waals surface area (Å²) in [7, 11) is 0. The minimum Gasteiger partial charge on any atom is -0.312 e. The van der Waals surface area contributed by atoms with Crippen molar-refractivity contribution in [3.05, 3.63) is 42.5 Å². The van der Waals surface area contributed by atoms with Gasteiger partial charge in [-0.25, -0.2) is 0 Å². The van der Waals surface area contributed by atoms with E-state index in [0.29, 0.717) is 6.42 Å². The lowest BCUT2D eigenvalue weighted by Crippen LogP contribution is -2.28. The predicted molar refractivity (Wildman–Crippen MR) is 75.8 cm³/mol. The van der Waals surface area contributed by atoms with Crippen LogP contribution in [-0.4, -0.2) is 12.5 Å². The lowest BCUT2D eigenvalue weighted by Gasteiger charge is -2.27. The van der Waals surface area contributed by atoms with E-state index in [1.54, 1.807) is 0 Å². The van der Waals surface area contributed by atoms with Gasteiger partial charge in [-0.15, -0.1) is 6.58 Å². The van der Waals surface area contributed by atoms with Gasteiger partial charge in [0.2, 0.25) is 5.91 Å². The number of benzene rings is 1. The Balaban J connectivity index is 2.40. The standard InChI is InChI=1S/C16H21NO/c1-5-12-10-15(18)17(11-12)14-9-7-6-8-13(14)16(2,3)4/h5-9,12H,1,10-11H2,2-4H3. The molecule has 0 radical (unpaired) electrons. The molecule has 96 valence electrons. The summed E-state index contributed by atoms with van der Waals surface area (Å²) in [5, 5.41) is 0. The molecule has 0 aromatic heterocycles. The second-order valence-electron chi connectivity index (χ2n) is 5.97. The Kier molecular flexibility index (Phi) is 3.29. The normalized spacial score (nSPS) is 20.3. The molecule has 18 heavy (non-hydrogen) atoms. The number of amides is 1. The molecule has 1 unspecified atom stereocenters. The molecule has 1 fully saturated rings. The number of para-hydroxylation sites is 1. The zero-order valence-electron chi connectivity index (χ0n) is 11.4. The van der Waals surface area contributed by atoms with Crippen molar-refractivity contribution in [2.24, 2.45) is 5.92 Å². The second kappa shape index (κ2) is 4.60. The van der Waals surface area contributed by atoms with Crippen LogP contribution in [0.1, 0.15) is 32.8 Å². The Bertz CT molecular complexity index is 470. The Morgan fingerprint density at radius 1 is 1.33 bits per heavy atom. The van der Waals surface area contributed by atoms with Gasteiger partial charge in [0.1, 0.15) is 0 Å². The summed E-state index contributed by atoms with van der Waals surface area (Å²) in [4.78, 5) is 14.0. The van der Waals surface area contributed by atoms with Gasteiger partial charge in [0.05, 0.1) is 0 Å². The maximum atomic E-state index is 12.1. The van der Waals surface area contributed by atoms with Gasteiger partial charge in [0.15, 0.2) is 0 Å². The topological polar surface area (TPSA) is 20.3 Å². The Labute approximate surface area is 109 Å². The SMILES string of the molecule is C=CC1CC(=O)N(c2ccccc2C(C)(C)C)C1. The van der Waals surface area contributed by atoms with Crippen LogP contribution in [-0.2, 0) is 10.2 Å². The van der Waals surface area contributed by atoms with E-state index in [0.717, 1.165) is 12.2 Å². The quantitative estimate of drug-likeness (QED) is 0.728. The van der Waals surface area contributed by atoms with Gasteiger partial charge >= 0.3 is 0 Å². The van der Waals surface area contributed by atoms with Crippen LogP contribution in [0, 0.1) is 5.92 Å². The second-order valence-corrected chi connectivity index (χ2v) is 5.97. The highest BCUT2D eigenvalue weighted by Crippen LogP contribution is 2.35. The van der Waals surface area contributed by atoms with Crippen molar-refractivity contribution in [2.75, 3.05) is 11.4 Å². The van der Waals surface area contributed by atoms with Crippen LogP contribution in [0.25, 0.3) is 0 Å². The van der Waals surface area contributed by atoms with Crippen LogP contribution in [0.5, 0.6) is 0 Å². The molecule has 1 aromatic carbocycles. The summed E-state index contributed by atoms with van der Waals surface area (Å²) in [6.07, 6.45) is 2.47. The fourth-order valence-corrected chi connectivity index (χ4v) is 2.47. The van der Waals surface area contributed by atoms with Crippen molar-refractivity contribution in [1.29, 1.82) is 0 Å². The molecule has 0 saturated carbocycles. The van der Waals surface area contributed by atoms with E-state index < -0.39 is 0 Å². The summed E-state index contributed by atoms with van der Waals surface area (Å²) in [6.45, 7) is 11.1. The maximum absolute atomic E-state index is 12.1. The smallest absolute Gasteiger partial charge is 0.227 e. The Morgan fingerprint density at radius 2 is 2.00 bits per heavy atom. The molecule has 0 N–H and O–H groups in total. The van der Waals surface area contributed by atoms with Crippen LogP contribution in [0.4, 0.5) is 5.69 Å². The third-order valence-corrected chi connectivity index (χ3v) is 3.49. The fourth-order valence-electron chi connectivity index (χ4n) is 2.47. The monoisotopic (exact) mass is 243 g/mol. The number of hydrogen-bond acceptors (Lipinski definition) is 1. The van der Waals surface area contributed by atoms with Crippen molar-refractivity contribution >= 4 is 11.6 Å².